The number of alkyl halides is 3. The Balaban J connectivity index is 1.80. The van der Waals surface area contributed by atoms with Crippen molar-refractivity contribution in [2.24, 2.45) is 5.92 Å². The van der Waals surface area contributed by atoms with Crippen LogP contribution in [0.25, 0.3) is 20.8 Å². The van der Waals surface area contributed by atoms with E-state index in [-0.39, 0.29) is 24.8 Å². The van der Waals surface area contributed by atoms with E-state index in [0.717, 1.165) is 28.0 Å². The first kappa shape index (κ1) is 26.5. The van der Waals surface area contributed by atoms with Crippen molar-refractivity contribution in [1.29, 1.82) is 0 Å². The minimum absolute atomic E-state index is 0.183. The van der Waals surface area contributed by atoms with Crippen LogP contribution in [0, 0.1) is 12.8 Å². The van der Waals surface area contributed by atoms with Gasteiger partial charge in [-0.15, -0.1) is 11.3 Å². The van der Waals surface area contributed by atoms with Gasteiger partial charge in [0.2, 0.25) is 5.95 Å². The van der Waals surface area contributed by atoms with Crippen molar-refractivity contribution in [2.45, 2.75) is 64.5 Å². The number of aryl methyl sites for hydroxylation is 3. The standard InChI is InChI=1S/C23H29F3N6O3S/c1-4-12-7-15-17(13(5-2)29-12)31-21(36-15)16-10(3)28-22(27-9-23(24,25)26)32-20(16)30-14-6-11(8-33)18(34)19(14)35/h7,11,14,18-19,33-35H,4-6,8-9H2,1-3H3,(H2,27,28,30,32). The van der Waals surface area contributed by atoms with Gasteiger partial charge in [0.05, 0.1) is 33.8 Å². The number of aliphatic hydroxyl groups is 3. The summed E-state index contributed by atoms with van der Waals surface area (Å²) < 4.78 is 39.4. The number of anilines is 2. The summed E-state index contributed by atoms with van der Waals surface area (Å²) in [6, 6.07) is 1.29. The molecular weight excluding hydrogens is 497 g/mol. The number of hydrogen-bond donors (Lipinski definition) is 5. The van der Waals surface area contributed by atoms with E-state index in [1.165, 1.54) is 11.3 Å². The molecule has 1 saturated carbocycles. The van der Waals surface area contributed by atoms with Gasteiger partial charge >= 0.3 is 6.18 Å². The molecule has 0 aliphatic heterocycles. The Morgan fingerprint density at radius 1 is 1.08 bits per heavy atom. The van der Waals surface area contributed by atoms with Crippen LogP contribution in [0.1, 0.15) is 37.4 Å². The fourth-order valence-corrected chi connectivity index (χ4v) is 5.54. The maximum Gasteiger partial charge on any atom is 0.405 e. The van der Waals surface area contributed by atoms with Gasteiger partial charge < -0.3 is 26.0 Å². The third-order valence-electron chi connectivity index (χ3n) is 6.31. The number of halogens is 3. The van der Waals surface area contributed by atoms with Gasteiger partial charge in [-0.25, -0.2) is 9.97 Å². The van der Waals surface area contributed by atoms with E-state index < -0.39 is 36.9 Å². The van der Waals surface area contributed by atoms with E-state index >= 15 is 0 Å². The molecule has 4 unspecified atom stereocenters. The summed E-state index contributed by atoms with van der Waals surface area (Å²) in [5.41, 5.74) is 3.41. The van der Waals surface area contributed by atoms with Crippen molar-refractivity contribution < 1.29 is 28.5 Å². The van der Waals surface area contributed by atoms with Gasteiger partial charge in [-0.1, -0.05) is 13.8 Å². The highest BCUT2D eigenvalue weighted by Gasteiger charge is 2.41. The predicted molar refractivity (Wildman–Crippen MR) is 131 cm³/mol. The number of thiazole rings is 1. The number of fused-ring (bicyclic) bond motifs is 1. The molecule has 3 aromatic rings. The fourth-order valence-electron chi connectivity index (χ4n) is 4.40. The normalized spacial score (nSPS) is 22.4. The van der Waals surface area contributed by atoms with Crippen molar-refractivity contribution in [3.8, 4) is 10.6 Å². The summed E-state index contributed by atoms with van der Waals surface area (Å²) in [6.45, 7) is 4.04. The molecule has 0 amide bonds. The minimum atomic E-state index is -4.46. The van der Waals surface area contributed by atoms with E-state index in [1.807, 2.05) is 19.9 Å². The SMILES string of the molecule is CCc1cc2sc(-c3c(C)nc(NCC(F)(F)F)nc3NC3CC(CO)C(O)C3O)nc2c(CC)n1. The summed E-state index contributed by atoms with van der Waals surface area (Å²) >= 11 is 1.40. The highest BCUT2D eigenvalue weighted by atomic mass is 32.1. The molecule has 3 aromatic heterocycles. The number of pyridine rings is 1. The summed E-state index contributed by atoms with van der Waals surface area (Å²) in [5, 5.41) is 36.1. The molecule has 13 heteroatoms. The molecule has 1 aliphatic rings. The molecule has 0 spiro atoms. The third-order valence-corrected chi connectivity index (χ3v) is 7.33. The smallest absolute Gasteiger partial charge is 0.396 e. The number of nitrogens with zero attached hydrogens (tertiary/aromatic N) is 4. The van der Waals surface area contributed by atoms with Gasteiger partial charge in [0.25, 0.3) is 0 Å². The lowest BCUT2D eigenvalue weighted by molar-refractivity contribution is -0.115. The molecule has 4 rings (SSSR count). The van der Waals surface area contributed by atoms with Crippen LogP contribution in [0.3, 0.4) is 0 Å². The van der Waals surface area contributed by atoms with Gasteiger partial charge in [0.15, 0.2) is 0 Å². The largest absolute Gasteiger partial charge is 0.405 e. The molecule has 1 fully saturated rings. The summed E-state index contributed by atoms with van der Waals surface area (Å²) in [7, 11) is 0. The Morgan fingerprint density at radius 2 is 1.83 bits per heavy atom. The lowest BCUT2D eigenvalue weighted by Crippen LogP contribution is -2.36. The second-order valence-electron chi connectivity index (χ2n) is 8.87. The zero-order chi connectivity index (χ0) is 26.2. The second kappa shape index (κ2) is 10.4. The molecule has 3 heterocycles. The lowest BCUT2D eigenvalue weighted by atomic mass is 10.1. The van der Waals surface area contributed by atoms with E-state index in [1.54, 1.807) is 6.92 Å². The maximum absolute atomic E-state index is 12.8. The Labute approximate surface area is 209 Å². The monoisotopic (exact) mass is 526 g/mol. The van der Waals surface area contributed by atoms with E-state index in [2.05, 4.69) is 25.6 Å². The summed E-state index contributed by atoms with van der Waals surface area (Å²) in [6.07, 6.45) is -5.11. The molecule has 5 N–H and O–H groups in total. The minimum Gasteiger partial charge on any atom is -0.396 e. The first-order valence-electron chi connectivity index (χ1n) is 11.8. The Hall–Kier alpha value is -2.61. The average Bonchev–Trinajstić information content (AvgIpc) is 3.37. The van der Waals surface area contributed by atoms with Crippen molar-refractivity contribution >= 4 is 33.3 Å². The molecule has 0 radical (unpaired) electrons. The van der Waals surface area contributed by atoms with Crippen LogP contribution in [-0.4, -0.2) is 72.8 Å². The van der Waals surface area contributed by atoms with Crippen LogP contribution in [-0.2, 0) is 12.8 Å². The number of aliphatic hydroxyl groups excluding tert-OH is 3. The molecule has 1 aliphatic carbocycles. The summed E-state index contributed by atoms with van der Waals surface area (Å²) in [4.78, 5) is 18.0. The zero-order valence-corrected chi connectivity index (χ0v) is 20.9. The molecule has 4 atom stereocenters. The van der Waals surface area contributed by atoms with Crippen molar-refractivity contribution in [3.05, 3.63) is 23.1 Å². The van der Waals surface area contributed by atoms with Crippen LogP contribution >= 0.6 is 11.3 Å². The van der Waals surface area contributed by atoms with Gasteiger partial charge in [-0.2, -0.15) is 18.2 Å². The quantitative estimate of drug-likeness (QED) is 0.300. The number of hydrogen-bond acceptors (Lipinski definition) is 10. The molecule has 196 valence electrons. The highest BCUT2D eigenvalue weighted by Crippen LogP contribution is 2.39. The van der Waals surface area contributed by atoms with Gasteiger partial charge in [-0.3, -0.25) is 4.98 Å². The van der Waals surface area contributed by atoms with E-state index in [0.29, 0.717) is 22.7 Å². The van der Waals surface area contributed by atoms with Gasteiger partial charge in [0.1, 0.15) is 29.0 Å². The molecule has 0 aromatic carbocycles. The van der Waals surface area contributed by atoms with Gasteiger partial charge in [-0.05, 0) is 32.3 Å². The lowest BCUT2D eigenvalue weighted by Gasteiger charge is -2.21. The number of aromatic nitrogens is 4. The number of nitrogens with one attached hydrogen (secondary N) is 2. The fraction of sp³-hybridized carbons (Fsp3) is 0.565. The van der Waals surface area contributed by atoms with Crippen LogP contribution in [0.2, 0.25) is 0 Å². The molecule has 0 bridgehead atoms. The van der Waals surface area contributed by atoms with E-state index in [9.17, 15) is 28.5 Å². The first-order chi connectivity index (χ1) is 17.0. The Morgan fingerprint density at radius 3 is 2.44 bits per heavy atom. The number of rotatable bonds is 8. The second-order valence-corrected chi connectivity index (χ2v) is 9.90. The molecule has 9 nitrogen and oxygen atoms in total. The zero-order valence-electron chi connectivity index (χ0n) is 20.1. The molecular formula is C23H29F3N6O3S. The molecule has 0 saturated heterocycles. The third kappa shape index (κ3) is 5.38. The van der Waals surface area contributed by atoms with E-state index in [4.69, 9.17) is 4.98 Å². The van der Waals surface area contributed by atoms with Crippen LogP contribution in [0.15, 0.2) is 6.07 Å². The Kier molecular flexibility index (Phi) is 7.64. The molecule has 36 heavy (non-hydrogen) atoms. The van der Waals surface area contributed by atoms with Crippen molar-refractivity contribution in [1.82, 2.24) is 19.9 Å². The Bertz CT molecular complexity index is 1240. The topological polar surface area (TPSA) is 136 Å². The summed E-state index contributed by atoms with van der Waals surface area (Å²) in [5.74, 6) is -0.587. The van der Waals surface area contributed by atoms with Crippen LogP contribution < -0.4 is 10.6 Å². The first-order valence-corrected chi connectivity index (χ1v) is 12.6. The highest BCUT2D eigenvalue weighted by molar-refractivity contribution is 7.21. The van der Waals surface area contributed by atoms with Crippen LogP contribution in [0.5, 0.6) is 0 Å². The predicted octanol–water partition coefficient (Wildman–Crippen LogP) is 3.07. The van der Waals surface area contributed by atoms with Crippen molar-refractivity contribution in [2.75, 3.05) is 23.8 Å². The maximum atomic E-state index is 12.8. The van der Waals surface area contributed by atoms with Crippen LogP contribution in [0.4, 0.5) is 24.9 Å². The average molecular weight is 527 g/mol. The van der Waals surface area contributed by atoms with Gasteiger partial charge in [0, 0.05) is 18.2 Å². The van der Waals surface area contributed by atoms with Crippen molar-refractivity contribution in [3.63, 3.8) is 0 Å².